The van der Waals surface area contributed by atoms with Crippen LogP contribution in [0.3, 0.4) is 0 Å². The second-order valence-electron chi connectivity index (χ2n) is 8.28. The molecule has 0 fully saturated rings. The summed E-state index contributed by atoms with van der Waals surface area (Å²) in [6, 6.07) is 21.3. The highest BCUT2D eigenvalue weighted by Crippen LogP contribution is 2.36. The molecule has 4 nitrogen and oxygen atoms in total. The monoisotopic (exact) mass is 428 g/mol. The highest BCUT2D eigenvalue weighted by Gasteiger charge is 2.21. The van der Waals surface area contributed by atoms with Gasteiger partial charge in [0.15, 0.2) is 0 Å². The number of pyridine rings is 1. The Morgan fingerprint density at radius 2 is 1.56 bits per heavy atom. The fourth-order valence-electron chi connectivity index (χ4n) is 3.97. The molecular weight excluding hydrogens is 399 g/mol. The SMILES string of the molecule is CN(C)CCn1nc(CCCc2ccccc2)c(-c2ccncc2)c1-c1ccc(F)cc1. The Hall–Kier alpha value is -3.31. The number of hydrogen-bond donors (Lipinski definition) is 0. The standard InChI is InChI=1S/C27H29FN4/c1-31(2)19-20-32-27(23-11-13-24(28)14-12-23)26(22-15-17-29-18-16-22)25(30-32)10-6-9-21-7-4-3-5-8-21/h3-5,7-8,11-18H,6,9-10,19-20H2,1-2H3. The van der Waals surface area contributed by atoms with Crippen LogP contribution in [0.5, 0.6) is 0 Å². The van der Waals surface area contributed by atoms with E-state index in [1.807, 2.05) is 42.7 Å². The number of aryl methyl sites for hydroxylation is 2. The Labute approximate surface area is 189 Å². The number of likely N-dealkylation sites (N-methyl/N-ethyl adjacent to an activating group) is 1. The largest absolute Gasteiger partial charge is 0.308 e. The molecule has 0 aliphatic heterocycles. The van der Waals surface area contributed by atoms with E-state index in [0.717, 1.165) is 60.4 Å². The Bertz CT molecular complexity index is 1120. The van der Waals surface area contributed by atoms with E-state index in [0.29, 0.717) is 0 Å². The molecule has 164 valence electrons. The van der Waals surface area contributed by atoms with Gasteiger partial charge in [-0.1, -0.05) is 30.3 Å². The van der Waals surface area contributed by atoms with Crippen LogP contribution in [0, 0.1) is 5.82 Å². The van der Waals surface area contributed by atoms with Crippen molar-refractivity contribution in [1.29, 1.82) is 0 Å². The minimum Gasteiger partial charge on any atom is -0.308 e. The Kier molecular flexibility index (Phi) is 7.07. The molecule has 0 saturated carbocycles. The van der Waals surface area contributed by atoms with Crippen LogP contribution >= 0.6 is 0 Å². The Balaban J connectivity index is 1.75. The van der Waals surface area contributed by atoms with E-state index in [1.165, 1.54) is 17.7 Å². The highest BCUT2D eigenvalue weighted by atomic mass is 19.1. The van der Waals surface area contributed by atoms with Gasteiger partial charge in [0.05, 0.1) is 17.9 Å². The number of nitrogens with zero attached hydrogens (tertiary/aromatic N) is 4. The van der Waals surface area contributed by atoms with Crippen LogP contribution in [0.15, 0.2) is 79.1 Å². The van der Waals surface area contributed by atoms with E-state index in [9.17, 15) is 4.39 Å². The number of halogens is 1. The lowest BCUT2D eigenvalue weighted by atomic mass is 9.96. The molecule has 0 saturated heterocycles. The molecule has 0 aliphatic carbocycles. The van der Waals surface area contributed by atoms with Crippen molar-refractivity contribution in [1.82, 2.24) is 19.7 Å². The summed E-state index contributed by atoms with van der Waals surface area (Å²) in [5, 5.41) is 5.06. The van der Waals surface area contributed by atoms with E-state index in [4.69, 9.17) is 5.10 Å². The molecular formula is C27H29FN4. The number of rotatable bonds is 9. The van der Waals surface area contributed by atoms with E-state index < -0.39 is 0 Å². The van der Waals surface area contributed by atoms with Crippen LogP contribution in [-0.4, -0.2) is 40.3 Å². The molecule has 0 radical (unpaired) electrons. The zero-order valence-corrected chi connectivity index (χ0v) is 18.7. The van der Waals surface area contributed by atoms with E-state index in [2.05, 4.69) is 52.9 Å². The summed E-state index contributed by atoms with van der Waals surface area (Å²) in [7, 11) is 4.12. The third-order valence-electron chi connectivity index (χ3n) is 5.59. The van der Waals surface area contributed by atoms with E-state index in [1.54, 1.807) is 0 Å². The summed E-state index contributed by atoms with van der Waals surface area (Å²) in [6.07, 6.45) is 6.52. The molecule has 0 N–H and O–H groups in total. The van der Waals surface area contributed by atoms with Gasteiger partial charge in [0.1, 0.15) is 5.82 Å². The molecule has 4 aromatic rings. The average molecular weight is 429 g/mol. The molecule has 2 heterocycles. The van der Waals surface area contributed by atoms with Gasteiger partial charge < -0.3 is 4.90 Å². The molecule has 0 amide bonds. The van der Waals surface area contributed by atoms with Crippen molar-refractivity contribution in [2.75, 3.05) is 20.6 Å². The summed E-state index contributed by atoms with van der Waals surface area (Å²) in [5.41, 5.74) is 6.62. The summed E-state index contributed by atoms with van der Waals surface area (Å²) >= 11 is 0. The number of hydrogen-bond acceptors (Lipinski definition) is 3. The normalized spacial score (nSPS) is 11.2. The highest BCUT2D eigenvalue weighted by molar-refractivity contribution is 5.83. The molecule has 2 aromatic heterocycles. The summed E-state index contributed by atoms with van der Waals surface area (Å²) in [6.45, 7) is 1.63. The van der Waals surface area contributed by atoms with Gasteiger partial charge in [-0.15, -0.1) is 0 Å². The van der Waals surface area contributed by atoms with Gasteiger partial charge in [-0.3, -0.25) is 9.67 Å². The van der Waals surface area contributed by atoms with Crippen molar-refractivity contribution in [3.05, 3.63) is 96.2 Å². The topological polar surface area (TPSA) is 34.0 Å². The maximum Gasteiger partial charge on any atom is 0.123 e. The second kappa shape index (κ2) is 10.3. The van der Waals surface area contributed by atoms with Crippen LogP contribution in [0.1, 0.15) is 17.7 Å². The van der Waals surface area contributed by atoms with Crippen molar-refractivity contribution in [3.63, 3.8) is 0 Å². The number of aromatic nitrogens is 3. The van der Waals surface area contributed by atoms with Gasteiger partial charge in [-0.05, 0) is 80.9 Å². The molecule has 32 heavy (non-hydrogen) atoms. The smallest absolute Gasteiger partial charge is 0.123 e. The first kappa shape index (κ1) is 21.9. The zero-order chi connectivity index (χ0) is 22.3. The first-order valence-electron chi connectivity index (χ1n) is 11.1. The summed E-state index contributed by atoms with van der Waals surface area (Å²) < 4.78 is 15.8. The number of benzene rings is 2. The van der Waals surface area contributed by atoms with Crippen molar-refractivity contribution in [2.24, 2.45) is 0 Å². The maximum atomic E-state index is 13.7. The van der Waals surface area contributed by atoms with Crippen molar-refractivity contribution in [3.8, 4) is 22.4 Å². The van der Waals surface area contributed by atoms with Gasteiger partial charge in [-0.2, -0.15) is 5.10 Å². The molecule has 0 spiro atoms. The quantitative estimate of drug-likeness (QED) is 0.354. The molecule has 4 rings (SSSR count). The van der Waals surface area contributed by atoms with Gasteiger partial charge in [0, 0.05) is 30.1 Å². The van der Waals surface area contributed by atoms with E-state index >= 15 is 0 Å². The zero-order valence-electron chi connectivity index (χ0n) is 18.7. The van der Waals surface area contributed by atoms with Crippen LogP contribution in [-0.2, 0) is 19.4 Å². The van der Waals surface area contributed by atoms with Gasteiger partial charge in [0.25, 0.3) is 0 Å². The minimum absolute atomic E-state index is 0.235. The molecule has 0 aliphatic rings. The maximum absolute atomic E-state index is 13.7. The van der Waals surface area contributed by atoms with Crippen molar-refractivity contribution >= 4 is 0 Å². The molecule has 5 heteroatoms. The molecule has 0 bridgehead atoms. The second-order valence-corrected chi connectivity index (χ2v) is 8.28. The lowest BCUT2D eigenvalue weighted by Crippen LogP contribution is -2.19. The van der Waals surface area contributed by atoms with Crippen molar-refractivity contribution in [2.45, 2.75) is 25.8 Å². The molecule has 0 atom stereocenters. The Morgan fingerprint density at radius 1 is 0.844 bits per heavy atom. The van der Waals surface area contributed by atoms with Gasteiger partial charge >= 0.3 is 0 Å². The molecule has 0 unspecified atom stereocenters. The lowest BCUT2D eigenvalue weighted by molar-refractivity contribution is 0.374. The summed E-state index contributed by atoms with van der Waals surface area (Å²) in [5.74, 6) is -0.235. The Morgan fingerprint density at radius 3 is 2.25 bits per heavy atom. The third-order valence-corrected chi connectivity index (χ3v) is 5.59. The van der Waals surface area contributed by atoms with Gasteiger partial charge in [-0.25, -0.2) is 4.39 Å². The minimum atomic E-state index is -0.235. The van der Waals surface area contributed by atoms with Crippen molar-refractivity contribution < 1.29 is 4.39 Å². The van der Waals surface area contributed by atoms with Crippen LogP contribution in [0.2, 0.25) is 0 Å². The first-order chi connectivity index (χ1) is 15.6. The van der Waals surface area contributed by atoms with Crippen LogP contribution in [0.25, 0.3) is 22.4 Å². The van der Waals surface area contributed by atoms with Gasteiger partial charge in [0.2, 0.25) is 0 Å². The average Bonchev–Trinajstić information content (AvgIpc) is 3.18. The fraction of sp³-hybridized carbons (Fsp3) is 0.259. The van der Waals surface area contributed by atoms with E-state index in [-0.39, 0.29) is 5.82 Å². The predicted octanol–water partition coefficient (Wildman–Crippen LogP) is 5.49. The predicted molar refractivity (Wildman–Crippen MR) is 128 cm³/mol. The summed E-state index contributed by atoms with van der Waals surface area (Å²) in [4.78, 5) is 6.35. The third kappa shape index (κ3) is 5.29. The van der Waals surface area contributed by atoms with Crippen LogP contribution < -0.4 is 0 Å². The van der Waals surface area contributed by atoms with Crippen LogP contribution in [0.4, 0.5) is 4.39 Å². The lowest BCUT2D eigenvalue weighted by Gasteiger charge is -2.13. The fourth-order valence-corrected chi connectivity index (χ4v) is 3.97. The molecule has 2 aromatic carbocycles. The first-order valence-corrected chi connectivity index (χ1v) is 11.1.